The van der Waals surface area contributed by atoms with Crippen LogP contribution >= 0.6 is 15.9 Å². The van der Waals surface area contributed by atoms with Crippen molar-refractivity contribution >= 4 is 21.6 Å². The molecule has 2 atom stereocenters. The van der Waals surface area contributed by atoms with Gasteiger partial charge in [-0.05, 0) is 47.7 Å². The van der Waals surface area contributed by atoms with E-state index >= 15 is 0 Å². The smallest absolute Gasteiger partial charge is 0.0592 e. The normalized spacial score (nSPS) is 31.5. The van der Waals surface area contributed by atoms with E-state index in [2.05, 4.69) is 44.2 Å². The van der Waals surface area contributed by atoms with Gasteiger partial charge in [0.2, 0.25) is 0 Å². The van der Waals surface area contributed by atoms with Crippen molar-refractivity contribution in [1.82, 2.24) is 10.3 Å². The fourth-order valence-electron chi connectivity index (χ4n) is 3.19. The quantitative estimate of drug-likeness (QED) is 0.909. The second-order valence-corrected chi connectivity index (χ2v) is 6.06. The largest absolute Gasteiger partial charge is 0.370 e. The molecular formula is C13H18BrN3. The first-order chi connectivity index (χ1) is 8.24. The maximum absolute atomic E-state index is 4.13. The molecule has 2 unspecified atom stereocenters. The monoisotopic (exact) mass is 295 g/mol. The first-order valence-electron chi connectivity index (χ1n) is 6.32. The summed E-state index contributed by atoms with van der Waals surface area (Å²) in [5, 5.41) is 3.69. The van der Waals surface area contributed by atoms with Gasteiger partial charge in [-0.2, -0.15) is 0 Å². The Morgan fingerprint density at radius 2 is 2.06 bits per heavy atom. The van der Waals surface area contributed by atoms with Crippen LogP contribution < -0.4 is 10.2 Å². The van der Waals surface area contributed by atoms with Gasteiger partial charge in [-0.25, -0.2) is 0 Å². The van der Waals surface area contributed by atoms with E-state index in [0.717, 1.165) is 16.6 Å². The lowest BCUT2D eigenvalue weighted by molar-refractivity contribution is 0.354. The Morgan fingerprint density at radius 3 is 2.71 bits per heavy atom. The summed E-state index contributed by atoms with van der Waals surface area (Å²) in [5.74, 6) is 0. The number of anilines is 1. The molecule has 2 bridgehead atoms. The number of nitrogens with one attached hydrogen (secondary N) is 1. The fraction of sp³-hybridized carbons (Fsp3) is 0.615. The molecule has 2 saturated heterocycles. The molecule has 0 aliphatic carbocycles. The lowest BCUT2D eigenvalue weighted by Gasteiger charge is -2.37. The molecular weight excluding hydrogens is 278 g/mol. The molecule has 17 heavy (non-hydrogen) atoms. The molecule has 3 nitrogen and oxygen atoms in total. The predicted molar refractivity (Wildman–Crippen MR) is 73.3 cm³/mol. The SMILES string of the molecule is CN(c1ccncc1Br)C1CC2CCC(C1)N2. The molecule has 0 amide bonds. The third-order valence-corrected chi connectivity index (χ3v) is 4.74. The van der Waals surface area contributed by atoms with Gasteiger partial charge < -0.3 is 10.2 Å². The van der Waals surface area contributed by atoms with Gasteiger partial charge in [0.1, 0.15) is 0 Å². The van der Waals surface area contributed by atoms with Gasteiger partial charge in [0, 0.05) is 37.6 Å². The second-order valence-electron chi connectivity index (χ2n) is 5.20. The van der Waals surface area contributed by atoms with Crippen molar-refractivity contribution in [1.29, 1.82) is 0 Å². The van der Waals surface area contributed by atoms with Gasteiger partial charge in [-0.1, -0.05) is 0 Å². The van der Waals surface area contributed by atoms with Crippen LogP contribution in [0, 0.1) is 0 Å². The van der Waals surface area contributed by atoms with Crippen molar-refractivity contribution in [3.8, 4) is 0 Å². The molecule has 3 heterocycles. The second kappa shape index (κ2) is 4.58. The Bertz CT molecular complexity index is 397. The summed E-state index contributed by atoms with van der Waals surface area (Å²) in [4.78, 5) is 6.54. The van der Waals surface area contributed by atoms with Crippen LogP contribution in [0.1, 0.15) is 25.7 Å². The average Bonchev–Trinajstić information content (AvgIpc) is 2.68. The molecule has 0 spiro atoms. The van der Waals surface area contributed by atoms with E-state index in [9.17, 15) is 0 Å². The minimum Gasteiger partial charge on any atom is -0.370 e. The minimum absolute atomic E-state index is 0.660. The van der Waals surface area contributed by atoms with E-state index in [1.807, 2.05) is 12.4 Å². The molecule has 1 aromatic heterocycles. The molecule has 0 radical (unpaired) electrons. The van der Waals surface area contributed by atoms with Crippen molar-refractivity contribution in [2.24, 2.45) is 0 Å². The van der Waals surface area contributed by atoms with Crippen molar-refractivity contribution in [3.05, 3.63) is 22.9 Å². The highest BCUT2D eigenvalue weighted by Gasteiger charge is 2.35. The number of pyridine rings is 1. The van der Waals surface area contributed by atoms with E-state index in [1.54, 1.807) is 0 Å². The zero-order valence-electron chi connectivity index (χ0n) is 10.1. The van der Waals surface area contributed by atoms with Gasteiger partial charge in [0.05, 0.1) is 10.2 Å². The summed E-state index contributed by atoms with van der Waals surface area (Å²) in [6.45, 7) is 0. The number of aromatic nitrogens is 1. The Labute approximate surface area is 111 Å². The van der Waals surface area contributed by atoms with Gasteiger partial charge in [-0.3, -0.25) is 4.98 Å². The van der Waals surface area contributed by atoms with Crippen molar-refractivity contribution in [2.45, 2.75) is 43.8 Å². The lowest BCUT2D eigenvalue weighted by Crippen LogP contribution is -2.47. The molecule has 2 fully saturated rings. The molecule has 0 saturated carbocycles. The number of hydrogen-bond acceptors (Lipinski definition) is 3. The van der Waals surface area contributed by atoms with Crippen LogP contribution in [0.5, 0.6) is 0 Å². The zero-order chi connectivity index (χ0) is 11.8. The molecule has 92 valence electrons. The third kappa shape index (κ3) is 2.20. The van der Waals surface area contributed by atoms with Crippen molar-refractivity contribution in [2.75, 3.05) is 11.9 Å². The van der Waals surface area contributed by atoms with E-state index < -0.39 is 0 Å². The predicted octanol–water partition coefficient (Wildman–Crippen LogP) is 2.56. The molecule has 3 rings (SSSR count). The topological polar surface area (TPSA) is 28.2 Å². The third-order valence-electron chi connectivity index (χ3n) is 4.13. The van der Waals surface area contributed by atoms with Gasteiger partial charge >= 0.3 is 0 Å². The summed E-state index contributed by atoms with van der Waals surface area (Å²) < 4.78 is 1.09. The first kappa shape index (κ1) is 11.5. The summed E-state index contributed by atoms with van der Waals surface area (Å²) >= 11 is 3.59. The Morgan fingerprint density at radius 1 is 1.35 bits per heavy atom. The maximum atomic E-state index is 4.13. The Balaban J connectivity index is 1.78. The van der Waals surface area contributed by atoms with Crippen molar-refractivity contribution in [3.63, 3.8) is 0 Å². The molecule has 2 aliphatic heterocycles. The highest BCUT2D eigenvalue weighted by molar-refractivity contribution is 9.10. The van der Waals surface area contributed by atoms with Gasteiger partial charge in [0.25, 0.3) is 0 Å². The van der Waals surface area contributed by atoms with Crippen LogP contribution in [0.4, 0.5) is 5.69 Å². The first-order valence-corrected chi connectivity index (χ1v) is 7.11. The minimum atomic E-state index is 0.660. The molecule has 0 aromatic carbocycles. The number of rotatable bonds is 2. The van der Waals surface area contributed by atoms with Gasteiger partial charge in [-0.15, -0.1) is 0 Å². The summed E-state index contributed by atoms with van der Waals surface area (Å²) in [6.07, 6.45) is 8.98. The van der Waals surface area contributed by atoms with Crippen LogP contribution in [0.2, 0.25) is 0 Å². The van der Waals surface area contributed by atoms with E-state index in [1.165, 1.54) is 31.4 Å². The number of hydrogen-bond donors (Lipinski definition) is 1. The molecule has 2 aliphatic rings. The van der Waals surface area contributed by atoms with E-state index in [0.29, 0.717) is 6.04 Å². The summed E-state index contributed by atoms with van der Waals surface area (Å²) in [6, 6.07) is 4.23. The standard InChI is InChI=1S/C13H18BrN3/c1-17(13-4-5-15-8-12(13)14)11-6-9-2-3-10(7-11)16-9/h4-5,8-11,16H,2-3,6-7H2,1H3. The van der Waals surface area contributed by atoms with Crippen LogP contribution in [-0.2, 0) is 0 Å². The average molecular weight is 296 g/mol. The zero-order valence-corrected chi connectivity index (χ0v) is 11.7. The molecule has 1 N–H and O–H groups in total. The van der Waals surface area contributed by atoms with E-state index in [-0.39, 0.29) is 0 Å². The molecule has 1 aromatic rings. The van der Waals surface area contributed by atoms with E-state index in [4.69, 9.17) is 0 Å². The number of piperidine rings is 1. The highest BCUT2D eigenvalue weighted by atomic mass is 79.9. The lowest BCUT2D eigenvalue weighted by atomic mass is 9.98. The van der Waals surface area contributed by atoms with Gasteiger partial charge in [0.15, 0.2) is 0 Å². The van der Waals surface area contributed by atoms with Crippen LogP contribution in [0.25, 0.3) is 0 Å². The molecule has 4 heteroatoms. The number of nitrogens with zero attached hydrogens (tertiary/aromatic N) is 2. The summed E-state index contributed by atoms with van der Waals surface area (Å²) in [7, 11) is 2.20. The number of fused-ring (bicyclic) bond motifs is 2. The Kier molecular flexibility index (Phi) is 3.09. The maximum Gasteiger partial charge on any atom is 0.0592 e. The Hall–Kier alpha value is -0.610. The van der Waals surface area contributed by atoms with Crippen LogP contribution in [-0.4, -0.2) is 30.2 Å². The van der Waals surface area contributed by atoms with Crippen molar-refractivity contribution < 1.29 is 0 Å². The van der Waals surface area contributed by atoms with Crippen LogP contribution in [0.3, 0.4) is 0 Å². The number of halogens is 1. The summed E-state index contributed by atoms with van der Waals surface area (Å²) in [5.41, 5.74) is 1.26. The van der Waals surface area contributed by atoms with Crippen LogP contribution in [0.15, 0.2) is 22.9 Å². The highest BCUT2D eigenvalue weighted by Crippen LogP contribution is 2.33. The fourth-order valence-corrected chi connectivity index (χ4v) is 3.72.